The maximum atomic E-state index is 14.3. The zero-order chi connectivity index (χ0) is 30.5. The van der Waals surface area contributed by atoms with Crippen LogP contribution in [0.5, 0.6) is 0 Å². The highest BCUT2D eigenvalue weighted by atomic mass is 35.5. The first-order valence-corrected chi connectivity index (χ1v) is 16.4. The second kappa shape index (κ2) is 13.8. The fraction of sp³-hybridized carbons (Fsp3) is 0.533. The number of hydrogen-bond donors (Lipinski definition) is 1. The van der Waals surface area contributed by atoms with Crippen molar-refractivity contribution in [3.63, 3.8) is 0 Å². The fourth-order valence-electron chi connectivity index (χ4n) is 4.94. The number of rotatable bonds is 10. The van der Waals surface area contributed by atoms with E-state index in [1.54, 1.807) is 60.9 Å². The maximum absolute atomic E-state index is 14.3. The number of carbonyl (C=O) groups excluding carboxylic acids is 2. The van der Waals surface area contributed by atoms with Gasteiger partial charge in [0.2, 0.25) is 0 Å². The number of benzene rings is 2. The van der Waals surface area contributed by atoms with Gasteiger partial charge in [-0.3, -0.25) is 4.79 Å². The van der Waals surface area contributed by atoms with Crippen LogP contribution in [0.25, 0.3) is 0 Å². The molecule has 2 aromatic rings. The number of ether oxygens (including phenoxy) is 1. The monoisotopic (exact) mass is 625 g/mol. The Labute approximate surface area is 254 Å². The molecule has 4 atom stereocenters. The first kappa shape index (κ1) is 33.2. The van der Waals surface area contributed by atoms with E-state index < -0.39 is 38.9 Å². The molecule has 2 aromatic carbocycles. The summed E-state index contributed by atoms with van der Waals surface area (Å²) in [7, 11) is -3.60. The summed E-state index contributed by atoms with van der Waals surface area (Å²) in [6.45, 7) is 11.6. The minimum Gasteiger partial charge on any atom is -0.356 e. The summed E-state index contributed by atoms with van der Waals surface area (Å²) in [6, 6.07) is 12.7. The molecule has 0 spiro atoms. The molecule has 1 N–H and O–H groups in total. The van der Waals surface area contributed by atoms with E-state index >= 15 is 0 Å². The molecule has 226 valence electrons. The van der Waals surface area contributed by atoms with Crippen molar-refractivity contribution in [2.75, 3.05) is 25.4 Å². The number of nitrogens with one attached hydrogen (secondary N) is 1. The molecule has 1 aliphatic rings. The van der Waals surface area contributed by atoms with Crippen LogP contribution in [0.4, 0.5) is 4.79 Å². The van der Waals surface area contributed by atoms with Crippen LogP contribution in [0.1, 0.15) is 71.2 Å². The van der Waals surface area contributed by atoms with Crippen molar-refractivity contribution in [3.8, 4) is 0 Å². The van der Waals surface area contributed by atoms with Gasteiger partial charge in [0.15, 0.2) is 15.9 Å². The van der Waals surface area contributed by atoms with Gasteiger partial charge in [-0.15, -0.1) is 0 Å². The number of urea groups is 1. The molecular formula is C30H41Cl2N3O5S. The first-order valence-electron chi connectivity index (χ1n) is 14.0. The van der Waals surface area contributed by atoms with Crippen LogP contribution in [-0.4, -0.2) is 72.4 Å². The number of sulfone groups is 1. The van der Waals surface area contributed by atoms with Gasteiger partial charge in [0.25, 0.3) is 5.91 Å². The smallest absolute Gasteiger partial charge is 0.317 e. The minimum atomic E-state index is -3.60. The van der Waals surface area contributed by atoms with Crippen molar-refractivity contribution in [1.82, 2.24) is 15.1 Å². The van der Waals surface area contributed by atoms with E-state index in [4.69, 9.17) is 27.9 Å². The molecule has 0 radical (unpaired) electrons. The quantitative estimate of drug-likeness (QED) is 0.347. The summed E-state index contributed by atoms with van der Waals surface area (Å²) in [5.41, 5.74) is 1.47. The lowest BCUT2D eigenvalue weighted by Crippen LogP contribution is -2.59. The van der Waals surface area contributed by atoms with Gasteiger partial charge in [-0.1, -0.05) is 54.4 Å². The van der Waals surface area contributed by atoms with Gasteiger partial charge in [0.05, 0.1) is 23.1 Å². The van der Waals surface area contributed by atoms with Crippen LogP contribution >= 0.6 is 23.2 Å². The summed E-state index contributed by atoms with van der Waals surface area (Å²) < 4.78 is 32.3. The van der Waals surface area contributed by atoms with Crippen LogP contribution in [-0.2, 0) is 19.4 Å². The van der Waals surface area contributed by atoms with Crippen LogP contribution in [0, 0.1) is 0 Å². The van der Waals surface area contributed by atoms with E-state index in [-0.39, 0.29) is 24.2 Å². The molecule has 0 aliphatic carbocycles. The van der Waals surface area contributed by atoms with Crippen molar-refractivity contribution in [2.45, 2.75) is 77.0 Å². The summed E-state index contributed by atoms with van der Waals surface area (Å²) >= 11 is 12.6. The van der Waals surface area contributed by atoms with Gasteiger partial charge < -0.3 is 19.9 Å². The number of hydrogen-bond acceptors (Lipinski definition) is 5. The SMILES string of the molecule is CCC(CS(=O)(=O)C(C)(C)C)N1C(=O)C(CNC(=O)N(CC)CC)OC(c2cccc(Cl)c2)C1c1ccc(Cl)cc1. The average Bonchev–Trinajstić information content (AvgIpc) is 2.91. The maximum Gasteiger partial charge on any atom is 0.317 e. The number of morpholine rings is 1. The highest BCUT2D eigenvalue weighted by Crippen LogP contribution is 2.44. The predicted molar refractivity (Wildman–Crippen MR) is 164 cm³/mol. The van der Waals surface area contributed by atoms with Crippen LogP contribution < -0.4 is 5.32 Å². The highest BCUT2D eigenvalue weighted by Gasteiger charge is 2.48. The number of amides is 3. The second-order valence-electron chi connectivity index (χ2n) is 11.2. The Morgan fingerprint density at radius 3 is 2.20 bits per heavy atom. The van der Waals surface area contributed by atoms with E-state index in [1.807, 2.05) is 39.0 Å². The summed E-state index contributed by atoms with van der Waals surface area (Å²) in [5.74, 6) is -0.608. The number of carbonyl (C=O) groups is 2. The lowest BCUT2D eigenvalue weighted by molar-refractivity contribution is -0.177. The van der Waals surface area contributed by atoms with Gasteiger partial charge in [0.1, 0.15) is 6.10 Å². The van der Waals surface area contributed by atoms with Gasteiger partial charge in [-0.25, -0.2) is 13.2 Å². The topological polar surface area (TPSA) is 96.0 Å². The van der Waals surface area contributed by atoms with Crippen molar-refractivity contribution in [1.29, 1.82) is 0 Å². The normalized spacial score (nSPS) is 20.5. The zero-order valence-corrected chi connectivity index (χ0v) is 26.9. The molecule has 1 saturated heterocycles. The lowest BCUT2D eigenvalue weighted by atomic mass is 9.90. The van der Waals surface area contributed by atoms with Gasteiger partial charge >= 0.3 is 6.03 Å². The van der Waals surface area contributed by atoms with Crippen molar-refractivity contribution in [2.24, 2.45) is 0 Å². The van der Waals surface area contributed by atoms with Crippen molar-refractivity contribution >= 4 is 45.0 Å². The molecular weight excluding hydrogens is 585 g/mol. The van der Waals surface area contributed by atoms with Crippen LogP contribution in [0.2, 0.25) is 10.0 Å². The molecule has 8 nitrogen and oxygen atoms in total. The number of halogens is 2. The molecule has 11 heteroatoms. The van der Waals surface area contributed by atoms with Gasteiger partial charge in [0, 0.05) is 29.2 Å². The summed E-state index contributed by atoms with van der Waals surface area (Å²) in [6.07, 6.45) is -1.35. The largest absolute Gasteiger partial charge is 0.356 e. The Bertz CT molecular complexity index is 1310. The van der Waals surface area contributed by atoms with Crippen molar-refractivity contribution in [3.05, 3.63) is 69.7 Å². The van der Waals surface area contributed by atoms with Crippen LogP contribution in [0.15, 0.2) is 48.5 Å². The van der Waals surface area contributed by atoms with E-state index in [1.165, 1.54) is 0 Å². The van der Waals surface area contributed by atoms with Crippen molar-refractivity contribution < 1.29 is 22.7 Å². The third kappa shape index (κ3) is 7.74. The Kier molecular flexibility index (Phi) is 11.1. The summed E-state index contributed by atoms with van der Waals surface area (Å²) in [4.78, 5) is 30.3. The zero-order valence-electron chi connectivity index (χ0n) is 24.6. The minimum absolute atomic E-state index is 0.0719. The molecule has 1 aliphatic heterocycles. The Morgan fingerprint density at radius 2 is 1.66 bits per heavy atom. The molecule has 0 aromatic heterocycles. The highest BCUT2D eigenvalue weighted by molar-refractivity contribution is 7.92. The van der Waals surface area contributed by atoms with Gasteiger partial charge in [-0.2, -0.15) is 0 Å². The molecule has 0 saturated carbocycles. The van der Waals surface area contributed by atoms with E-state index in [0.717, 1.165) is 11.1 Å². The second-order valence-corrected chi connectivity index (χ2v) is 14.8. The molecule has 1 heterocycles. The molecule has 1 fully saturated rings. The van der Waals surface area contributed by atoms with E-state index in [0.29, 0.717) is 29.6 Å². The first-order chi connectivity index (χ1) is 19.2. The van der Waals surface area contributed by atoms with Gasteiger partial charge in [-0.05, 0) is 76.4 Å². The molecule has 0 bridgehead atoms. The average molecular weight is 627 g/mol. The van der Waals surface area contributed by atoms with Crippen LogP contribution in [0.3, 0.4) is 0 Å². The number of nitrogens with zero attached hydrogens (tertiary/aromatic N) is 2. The van der Waals surface area contributed by atoms with E-state index in [2.05, 4.69) is 5.32 Å². The van der Waals surface area contributed by atoms with E-state index in [9.17, 15) is 18.0 Å². The molecule has 41 heavy (non-hydrogen) atoms. The third-order valence-electron chi connectivity index (χ3n) is 7.51. The predicted octanol–water partition coefficient (Wildman–Crippen LogP) is 6.05. The third-order valence-corrected chi connectivity index (χ3v) is 10.7. The summed E-state index contributed by atoms with van der Waals surface area (Å²) in [5, 5.41) is 3.86. The Hall–Kier alpha value is -2.33. The molecule has 4 unspecified atom stereocenters. The standard InChI is InChI=1S/C30H41Cl2N3O5S/c1-7-24(19-41(38,39)30(4,5)6)35-26(20-13-15-22(31)16-14-20)27(21-11-10-12-23(32)17-21)40-25(28(35)36)18-33-29(37)34(8-2)9-3/h10-17,24-27H,7-9,18-19H2,1-6H3,(H,33,37). The molecule has 3 rings (SSSR count). The fourth-order valence-corrected chi connectivity index (χ4v) is 6.67. The Morgan fingerprint density at radius 1 is 1.02 bits per heavy atom. The lowest BCUT2D eigenvalue weighted by Gasteiger charge is -2.48. The molecule has 3 amide bonds. The Balaban J connectivity index is 2.15.